The van der Waals surface area contributed by atoms with E-state index < -0.39 is 6.10 Å². The smallest absolute Gasteiger partial charge is 0.307 e. The molecule has 0 heterocycles. The molecule has 1 N–H and O–H groups in total. The van der Waals surface area contributed by atoms with E-state index in [-0.39, 0.29) is 11.8 Å². The van der Waals surface area contributed by atoms with Crippen LogP contribution < -0.4 is 0 Å². The molecule has 1 aromatic carbocycles. The van der Waals surface area contributed by atoms with Crippen LogP contribution in [0.25, 0.3) is 0 Å². The minimum Gasteiger partial charge on any atom is -0.466 e. The van der Waals surface area contributed by atoms with Gasteiger partial charge in [0.25, 0.3) is 0 Å². The van der Waals surface area contributed by atoms with Crippen molar-refractivity contribution in [1.29, 1.82) is 0 Å². The number of rotatable bonds is 8. The molecule has 0 saturated carbocycles. The van der Waals surface area contributed by atoms with Gasteiger partial charge < -0.3 is 14.7 Å². The van der Waals surface area contributed by atoms with E-state index in [2.05, 4.69) is 0 Å². The Labute approximate surface area is 119 Å². The Morgan fingerprint density at radius 3 is 2.60 bits per heavy atom. The third-order valence-corrected chi connectivity index (χ3v) is 3.04. The third kappa shape index (κ3) is 6.12. The van der Waals surface area contributed by atoms with Gasteiger partial charge in [-0.25, -0.2) is 4.39 Å². The Morgan fingerprint density at radius 2 is 2.00 bits per heavy atom. The Kier molecular flexibility index (Phi) is 7.18. The number of carbonyl (C=O) groups excluding carboxylic acids is 1. The van der Waals surface area contributed by atoms with Crippen molar-refractivity contribution >= 4 is 5.97 Å². The molecule has 0 aliphatic rings. The van der Waals surface area contributed by atoms with Crippen LogP contribution in [-0.4, -0.2) is 42.7 Å². The van der Waals surface area contributed by atoms with Crippen LogP contribution in [0.5, 0.6) is 0 Å². The topological polar surface area (TPSA) is 49.8 Å². The molecule has 0 spiro atoms. The van der Waals surface area contributed by atoms with Gasteiger partial charge in [-0.15, -0.1) is 0 Å². The van der Waals surface area contributed by atoms with Crippen LogP contribution in [0.2, 0.25) is 0 Å². The van der Waals surface area contributed by atoms with E-state index in [1.807, 2.05) is 11.9 Å². The Balaban J connectivity index is 2.28. The predicted molar refractivity (Wildman–Crippen MR) is 74.7 cm³/mol. The highest BCUT2D eigenvalue weighted by Crippen LogP contribution is 2.17. The van der Waals surface area contributed by atoms with Crippen molar-refractivity contribution in [3.8, 4) is 0 Å². The van der Waals surface area contributed by atoms with Gasteiger partial charge in [-0.2, -0.15) is 0 Å². The molecule has 20 heavy (non-hydrogen) atoms. The second-order valence-corrected chi connectivity index (χ2v) is 4.71. The monoisotopic (exact) mass is 283 g/mol. The van der Waals surface area contributed by atoms with Crippen molar-refractivity contribution in [2.45, 2.75) is 25.9 Å². The van der Waals surface area contributed by atoms with E-state index in [9.17, 15) is 14.3 Å². The molecule has 112 valence electrons. The largest absolute Gasteiger partial charge is 0.466 e. The molecule has 0 fully saturated rings. The van der Waals surface area contributed by atoms with E-state index >= 15 is 0 Å². The van der Waals surface area contributed by atoms with Gasteiger partial charge in [-0.3, -0.25) is 4.79 Å². The van der Waals surface area contributed by atoms with E-state index in [4.69, 9.17) is 4.74 Å². The molecule has 0 radical (unpaired) electrons. The van der Waals surface area contributed by atoms with Gasteiger partial charge in [0.05, 0.1) is 19.1 Å². The van der Waals surface area contributed by atoms with E-state index in [0.717, 1.165) is 0 Å². The average Bonchev–Trinajstić information content (AvgIpc) is 2.43. The standard InChI is InChI=1S/C15H22FNO3/c1-3-20-15(19)9-11-17(2)10-8-14(18)12-4-6-13(16)7-5-12/h4-7,14,18H,3,8-11H2,1-2H3. The second-order valence-electron chi connectivity index (χ2n) is 4.71. The van der Waals surface area contributed by atoms with Crippen molar-refractivity contribution in [3.05, 3.63) is 35.6 Å². The first-order valence-corrected chi connectivity index (χ1v) is 6.80. The van der Waals surface area contributed by atoms with Crippen molar-refractivity contribution in [1.82, 2.24) is 4.90 Å². The Hall–Kier alpha value is -1.46. The summed E-state index contributed by atoms with van der Waals surface area (Å²) in [5, 5.41) is 9.98. The Bertz CT molecular complexity index is 408. The summed E-state index contributed by atoms with van der Waals surface area (Å²) in [6.45, 7) is 3.42. The maximum atomic E-state index is 12.8. The minimum absolute atomic E-state index is 0.210. The highest BCUT2D eigenvalue weighted by atomic mass is 19.1. The molecule has 1 atom stereocenters. The number of halogens is 1. The molecule has 0 saturated heterocycles. The lowest BCUT2D eigenvalue weighted by Crippen LogP contribution is -2.25. The molecule has 0 aliphatic heterocycles. The number of carbonyl (C=O) groups is 1. The Morgan fingerprint density at radius 1 is 1.35 bits per heavy atom. The molecule has 0 aliphatic carbocycles. The zero-order chi connectivity index (χ0) is 15.0. The molecule has 0 aromatic heterocycles. The number of ether oxygens (including phenoxy) is 1. The van der Waals surface area contributed by atoms with Crippen LogP contribution in [0.4, 0.5) is 4.39 Å². The summed E-state index contributed by atoms with van der Waals surface area (Å²) in [6.07, 6.45) is 0.253. The lowest BCUT2D eigenvalue weighted by molar-refractivity contribution is -0.143. The van der Waals surface area contributed by atoms with E-state index in [1.165, 1.54) is 12.1 Å². The summed E-state index contributed by atoms with van der Waals surface area (Å²) in [5.74, 6) is -0.522. The molecule has 1 unspecified atom stereocenters. The fraction of sp³-hybridized carbons (Fsp3) is 0.533. The van der Waals surface area contributed by atoms with Crippen molar-refractivity contribution < 1.29 is 19.0 Å². The first kappa shape index (κ1) is 16.6. The number of aliphatic hydroxyl groups excluding tert-OH is 1. The molecule has 0 amide bonds. The number of hydrogen-bond acceptors (Lipinski definition) is 4. The molecule has 1 aromatic rings. The van der Waals surface area contributed by atoms with E-state index in [0.29, 0.717) is 38.1 Å². The number of benzene rings is 1. The van der Waals surface area contributed by atoms with Gasteiger partial charge in [-0.05, 0) is 38.1 Å². The first-order chi connectivity index (χ1) is 9.52. The summed E-state index contributed by atoms with van der Waals surface area (Å²) < 4.78 is 17.6. The van der Waals surface area contributed by atoms with Crippen molar-refractivity contribution in [3.63, 3.8) is 0 Å². The van der Waals surface area contributed by atoms with Gasteiger partial charge in [0.2, 0.25) is 0 Å². The average molecular weight is 283 g/mol. The summed E-state index contributed by atoms with van der Waals surface area (Å²) in [5.41, 5.74) is 0.699. The second kappa shape index (κ2) is 8.66. The maximum Gasteiger partial charge on any atom is 0.307 e. The summed E-state index contributed by atoms with van der Waals surface area (Å²) >= 11 is 0. The number of esters is 1. The molecular formula is C15H22FNO3. The third-order valence-electron chi connectivity index (χ3n) is 3.04. The number of hydrogen-bond donors (Lipinski definition) is 1. The highest BCUT2D eigenvalue weighted by molar-refractivity contribution is 5.69. The first-order valence-electron chi connectivity index (χ1n) is 6.80. The van der Waals surface area contributed by atoms with Crippen LogP contribution in [0.1, 0.15) is 31.4 Å². The molecule has 0 bridgehead atoms. The highest BCUT2D eigenvalue weighted by Gasteiger charge is 2.10. The molecular weight excluding hydrogens is 261 g/mol. The molecule has 1 rings (SSSR count). The lowest BCUT2D eigenvalue weighted by Gasteiger charge is -2.18. The van der Waals surface area contributed by atoms with Gasteiger partial charge >= 0.3 is 5.97 Å². The fourth-order valence-corrected chi connectivity index (χ4v) is 1.82. The van der Waals surface area contributed by atoms with Crippen molar-refractivity contribution in [2.75, 3.05) is 26.7 Å². The van der Waals surface area contributed by atoms with Crippen LogP contribution in [0, 0.1) is 5.82 Å². The van der Waals surface area contributed by atoms with Gasteiger partial charge in [0, 0.05) is 13.1 Å². The van der Waals surface area contributed by atoms with E-state index in [1.54, 1.807) is 19.1 Å². The SMILES string of the molecule is CCOC(=O)CCN(C)CCC(O)c1ccc(F)cc1. The quantitative estimate of drug-likeness (QED) is 0.743. The van der Waals surface area contributed by atoms with Crippen LogP contribution in [0.3, 0.4) is 0 Å². The minimum atomic E-state index is -0.624. The normalized spacial score (nSPS) is 12.4. The fourth-order valence-electron chi connectivity index (χ4n) is 1.82. The number of nitrogens with zero attached hydrogens (tertiary/aromatic N) is 1. The summed E-state index contributed by atoms with van der Waals surface area (Å²) in [6, 6.07) is 5.84. The molecule has 5 heteroatoms. The number of aliphatic hydroxyl groups is 1. The van der Waals surface area contributed by atoms with Gasteiger partial charge in [0.15, 0.2) is 0 Å². The van der Waals surface area contributed by atoms with Gasteiger partial charge in [-0.1, -0.05) is 12.1 Å². The van der Waals surface area contributed by atoms with Crippen molar-refractivity contribution in [2.24, 2.45) is 0 Å². The lowest BCUT2D eigenvalue weighted by atomic mass is 10.1. The van der Waals surface area contributed by atoms with Gasteiger partial charge in [0.1, 0.15) is 5.82 Å². The zero-order valence-electron chi connectivity index (χ0n) is 12.0. The molecule has 4 nitrogen and oxygen atoms in total. The van der Waals surface area contributed by atoms with Crippen LogP contribution >= 0.6 is 0 Å². The zero-order valence-corrected chi connectivity index (χ0v) is 12.0. The summed E-state index contributed by atoms with van der Waals surface area (Å²) in [4.78, 5) is 13.2. The maximum absolute atomic E-state index is 12.8. The predicted octanol–water partition coefficient (Wildman–Crippen LogP) is 2.13. The summed E-state index contributed by atoms with van der Waals surface area (Å²) in [7, 11) is 1.89. The van der Waals surface area contributed by atoms with Crippen LogP contribution in [-0.2, 0) is 9.53 Å². The van der Waals surface area contributed by atoms with Crippen LogP contribution in [0.15, 0.2) is 24.3 Å².